The molecule has 0 aromatic heterocycles. The van der Waals surface area contributed by atoms with Gasteiger partial charge in [0.25, 0.3) is 0 Å². The molecule has 0 saturated carbocycles. The summed E-state index contributed by atoms with van der Waals surface area (Å²) < 4.78 is 39.0. The highest BCUT2D eigenvalue weighted by molar-refractivity contribution is 5.37. The molecule has 77 valence electrons. The van der Waals surface area contributed by atoms with Crippen molar-refractivity contribution >= 4 is 0 Å². The molecule has 0 atom stereocenters. The first kappa shape index (κ1) is 10.8. The summed E-state index contributed by atoms with van der Waals surface area (Å²) in [6, 6.07) is 3.74. The van der Waals surface area contributed by atoms with Crippen molar-refractivity contribution in [3.63, 3.8) is 0 Å². The molecule has 0 aliphatic heterocycles. The van der Waals surface area contributed by atoms with Gasteiger partial charge in [0.1, 0.15) is 12.4 Å². The zero-order valence-electron chi connectivity index (χ0n) is 7.30. The molecule has 0 aliphatic rings. The van der Waals surface area contributed by atoms with Crippen LogP contribution in [0.4, 0.5) is 13.2 Å². The Hall–Kier alpha value is -1.23. The average Bonchev–Trinajstić information content (AvgIpc) is 2.06. The Bertz CT molecular complexity index is 320. The van der Waals surface area contributed by atoms with E-state index in [1.54, 1.807) is 6.92 Å². The molecule has 0 saturated heterocycles. The normalized spacial score (nSPS) is 11.5. The van der Waals surface area contributed by atoms with Gasteiger partial charge in [0.05, 0.1) is 0 Å². The van der Waals surface area contributed by atoms with Gasteiger partial charge in [-0.2, -0.15) is 0 Å². The van der Waals surface area contributed by atoms with Gasteiger partial charge in [-0.05, 0) is 30.2 Å². The van der Waals surface area contributed by atoms with E-state index in [0.29, 0.717) is 11.1 Å². The summed E-state index contributed by atoms with van der Waals surface area (Å²) in [5.74, 6) is -0.344. The summed E-state index contributed by atoms with van der Waals surface area (Å²) in [4.78, 5) is 0. The van der Waals surface area contributed by atoms with Crippen molar-refractivity contribution in [1.82, 2.24) is 0 Å². The Kier molecular flexibility index (Phi) is 3.00. The number of aliphatic hydroxyl groups is 1. The largest absolute Gasteiger partial charge is 0.573 e. The minimum atomic E-state index is -4.71. The second-order valence-corrected chi connectivity index (χ2v) is 2.70. The van der Waals surface area contributed by atoms with Crippen molar-refractivity contribution in [2.45, 2.75) is 13.3 Å². The Morgan fingerprint density at radius 3 is 2.50 bits per heavy atom. The monoisotopic (exact) mass is 205 g/mol. The predicted octanol–water partition coefficient (Wildman–Crippen LogP) is 2.78. The van der Waals surface area contributed by atoms with Crippen molar-refractivity contribution in [1.29, 1.82) is 0 Å². The molecule has 5 heteroatoms. The number of halogens is 3. The van der Waals surface area contributed by atoms with E-state index in [1.165, 1.54) is 12.1 Å². The maximum absolute atomic E-state index is 11.8. The lowest BCUT2D eigenvalue weighted by molar-refractivity contribution is -0.274. The molecule has 1 aromatic carbocycles. The van der Waals surface area contributed by atoms with Gasteiger partial charge in [-0.3, -0.25) is 0 Å². The highest BCUT2D eigenvalue weighted by atomic mass is 19.4. The summed E-state index contributed by atoms with van der Waals surface area (Å²) in [6.45, 7) is 2.40. The van der Waals surface area contributed by atoms with Crippen LogP contribution < -0.4 is 4.74 Å². The Balaban J connectivity index is 2.90. The van der Waals surface area contributed by atoms with E-state index in [2.05, 4.69) is 4.74 Å². The fourth-order valence-corrected chi connectivity index (χ4v) is 0.955. The van der Waals surface area contributed by atoms with Gasteiger partial charge in [0, 0.05) is 0 Å². The SMILES string of the molecule is Cc1ccc(OC(F)(F)F)cc1[CH]O. The third-order valence-corrected chi connectivity index (χ3v) is 1.62. The lowest BCUT2D eigenvalue weighted by Crippen LogP contribution is -2.17. The van der Waals surface area contributed by atoms with Crippen LogP contribution in [0.3, 0.4) is 0 Å². The van der Waals surface area contributed by atoms with Crippen LogP contribution in [-0.4, -0.2) is 11.5 Å². The van der Waals surface area contributed by atoms with Crippen LogP contribution in [0.25, 0.3) is 0 Å². The summed E-state index contributed by atoms with van der Waals surface area (Å²) in [6.07, 6.45) is -4.71. The first-order chi connectivity index (χ1) is 6.42. The number of aryl methyl sites for hydroxylation is 1. The second-order valence-electron chi connectivity index (χ2n) is 2.70. The highest BCUT2D eigenvalue weighted by Crippen LogP contribution is 2.25. The third kappa shape index (κ3) is 2.92. The zero-order chi connectivity index (χ0) is 10.8. The number of alkyl halides is 3. The number of hydrogen-bond acceptors (Lipinski definition) is 2. The van der Waals surface area contributed by atoms with E-state index in [9.17, 15) is 13.2 Å². The number of hydrogen-bond donors (Lipinski definition) is 1. The molecule has 0 unspecified atom stereocenters. The molecule has 0 fully saturated rings. The molecule has 0 heterocycles. The van der Waals surface area contributed by atoms with Crippen LogP contribution in [0.2, 0.25) is 0 Å². The van der Waals surface area contributed by atoms with Crippen LogP contribution >= 0.6 is 0 Å². The van der Waals surface area contributed by atoms with E-state index in [0.717, 1.165) is 12.7 Å². The maximum Gasteiger partial charge on any atom is 0.573 e. The van der Waals surface area contributed by atoms with E-state index in [-0.39, 0.29) is 5.75 Å². The van der Waals surface area contributed by atoms with Crippen molar-refractivity contribution in [2.24, 2.45) is 0 Å². The third-order valence-electron chi connectivity index (χ3n) is 1.62. The van der Waals surface area contributed by atoms with Crippen LogP contribution in [0.5, 0.6) is 5.75 Å². The van der Waals surface area contributed by atoms with E-state index in [1.807, 2.05) is 0 Å². The summed E-state index contributed by atoms with van der Waals surface area (Å²) in [5, 5.41) is 8.68. The standard InChI is InChI=1S/C9H8F3O2/c1-6-2-3-8(4-7(6)5-13)14-9(10,11)12/h2-5,13H,1H3. The minimum Gasteiger partial charge on any atom is -0.406 e. The van der Waals surface area contributed by atoms with Crippen LogP contribution in [0, 0.1) is 13.5 Å². The van der Waals surface area contributed by atoms with Crippen molar-refractivity contribution in [2.75, 3.05) is 0 Å². The topological polar surface area (TPSA) is 29.5 Å². The second kappa shape index (κ2) is 3.88. The predicted molar refractivity (Wildman–Crippen MR) is 43.2 cm³/mol. The summed E-state index contributed by atoms with van der Waals surface area (Å²) in [5.41, 5.74) is 0.966. The summed E-state index contributed by atoms with van der Waals surface area (Å²) in [7, 11) is 0. The Morgan fingerprint density at radius 2 is 2.00 bits per heavy atom. The Morgan fingerprint density at radius 1 is 1.36 bits per heavy atom. The van der Waals surface area contributed by atoms with Gasteiger partial charge in [0.15, 0.2) is 0 Å². The van der Waals surface area contributed by atoms with Gasteiger partial charge in [-0.15, -0.1) is 13.2 Å². The van der Waals surface area contributed by atoms with Crippen molar-refractivity contribution in [3.05, 3.63) is 35.9 Å². The van der Waals surface area contributed by atoms with Crippen molar-refractivity contribution < 1.29 is 23.0 Å². The van der Waals surface area contributed by atoms with Gasteiger partial charge in [-0.1, -0.05) is 6.07 Å². The summed E-state index contributed by atoms with van der Waals surface area (Å²) >= 11 is 0. The van der Waals surface area contributed by atoms with E-state index < -0.39 is 6.36 Å². The fraction of sp³-hybridized carbons (Fsp3) is 0.222. The molecule has 14 heavy (non-hydrogen) atoms. The molecule has 0 spiro atoms. The zero-order valence-corrected chi connectivity index (χ0v) is 7.30. The molecule has 0 bridgehead atoms. The first-order valence-corrected chi connectivity index (χ1v) is 3.76. The minimum absolute atomic E-state index is 0.298. The molecule has 1 radical (unpaired) electrons. The van der Waals surface area contributed by atoms with Gasteiger partial charge in [-0.25, -0.2) is 0 Å². The highest BCUT2D eigenvalue weighted by Gasteiger charge is 2.31. The lowest BCUT2D eigenvalue weighted by atomic mass is 10.1. The average molecular weight is 205 g/mol. The van der Waals surface area contributed by atoms with E-state index >= 15 is 0 Å². The lowest BCUT2D eigenvalue weighted by Gasteiger charge is -2.10. The quantitative estimate of drug-likeness (QED) is 0.804. The van der Waals surface area contributed by atoms with Gasteiger partial charge in [0.2, 0.25) is 0 Å². The van der Waals surface area contributed by atoms with Crippen LogP contribution in [0.1, 0.15) is 11.1 Å². The van der Waals surface area contributed by atoms with Crippen LogP contribution in [0.15, 0.2) is 18.2 Å². The number of aliphatic hydroxyl groups excluding tert-OH is 1. The Labute approximate surface area is 78.9 Å². The molecule has 0 aliphatic carbocycles. The molecule has 1 rings (SSSR count). The molecular weight excluding hydrogens is 197 g/mol. The number of rotatable bonds is 2. The van der Waals surface area contributed by atoms with Crippen molar-refractivity contribution in [3.8, 4) is 5.75 Å². The fourth-order valence-electron chi connectivity index (χ4n) is 0.955. The molecule has 2 nitrogen and oxygen atoms in total. The van der Waals surface area contributed by atoms with E-state index in [4.69, 9.17) is 5.11 Å². The first-order valence-electron chi connectivity index (χ1n) is 3.76. The van der Waals surface area contributed by atoms with Gasteiger partial charge >= 0.3 is 6.36 Å². The van der Waals surface area contributed by atoms with Crippen LogP contribution in [-0.2, 0) is 0 Å². The number of ether oxygens (including phenoxy) is 1. The maximum atomic E-state index is 11.8. The van der Waals surface area contributed by atoms with Gasteiger partial charge < -0.3 is 9.84 Å². The molecular formula is C9H8F3O2. The molecule has 0 amide bonds. The molecule has 1 N–H and O–H groups in total. The number of benzene rings is 1. The molecule has 1 aromatic rings. The smallest absolute Gasteiger partial charge is 0.406 e.